The summed E-state index contributed by atoms with van der Waals surface area (Å²) in [5, 5.41) is 0. The molecule has 1 nitrogen and oxygen atoms in total. The van der Waals surface area contributed by atoms with Crippen LogP contribution < -0.4 is 0 Å². The zero-order valence-electron chi connectivity index (χ0n) is 5.68. The van der Waals surface area contributed by atoms with Crippen LogP contribution in [0.4, 0.5) is 0 Å². The maximum atomic E-state index is 5.24. The van der Waals surface area contributed by atoms with E-state index in [4.69, 9.17) is 4.74 Å². The highest BCUT2D eigenvalue weighted by Crippen LogP contribution is 2.18. The summed E-state index contributed by atoms with van der Waals surface area (Å²) in [6.45, 7) is 5.47. The van der Waals surface area contributed by atoms with Crippen LogP contribution in [0.3, 0.4) is 0 Å². The van der Waals surface area contributed by atoms with Crippen LogP contribution in [0, 0.1) is 5.92 Å². The van der Waals surface area contributed by atoms with Gasteiger partial charge in [-0.15, -0.1) is 0 Å². The van der Waals surface area contributed by atoms with Crippen molar-refractivity contribution in [3.8, 4) is 0 Å². The molecule has 0 spiro atoms. The Balaban J connectivity index is 2.01. The lowest BCUT2D eigenvalue weighted by Gasteiger charge is -2.27. The summed E-state index contributed by atoms with van der Waals surface area (Å²) in [6.07, 6.45) is 3.15. The van der Waals surface area contributed by atoms with Crippen molar-refractivity contribution in [3.63, 3.8) is 0 Å². The molecule has 0 amide bonds. The Morgan fingerprint density at radius 2 is 2.25 bits per heavy atom. The first-order chi connectivity index (χ1) is 3.79. The SMILES string of the molecule is CC(C)C[C@@H]1CCO1. The van der Waals surface area contributed by atoms with Crippen LogP contribution in [0.15, 0.2) is 0 Å². The molecule has 48 valence electrons. The van der Waals surface area contributed by atoms with E-state index in [2.05, 4.69) is 13.8 Å². The Bertz CT molecular complexity index is 64.8. The first-order valence-corrected chi connectivity index (χ1v) is 3.40. The number of ether oxygens (including phenoxy) is 1. The number of hydrogen-bond acceptors (Lipinski definition) is 1. The second-order valence-corrected chi connectivity index (χ2v) is 2.91. The van der Waals surface area contributed by atoms with Gasteiger partial charge in [-0.1, -0.05) is 13.8 Å². The van der Waals surface area contributed by atoms with Crippen LogP contribution in [-0.2, 0) is 4.74 Å². The highest BCUT2D eigenvalue weighted by Gasteiger charge is 2.18. The van der Waals surface area contributed by atoms with Gasteiger partial charge in [-0.25, -0.2) is 0 Å². The minimum Gasteiger partial charge on any atom is -0.378 e. The van der Waals surface area contributed by atoms with Crippen LogP contribution in [0.1, 0.15) is 26.7 Å². The van der Waals surface area contributed by atoms with Gasteiger partial charge in [0.05, 0.1) is 6.10 Å². The van der Waals surface area contributed by atoms with E-state index in [-0.39, 0.29) is 0 Å². The van der Waals surface area contributed by atoms with Gasteiger partial charge in [-0.3, -0.25) is 0 Å². The van der Waals surface area contributed by atoms with Gasteiger partial charge in [0.25, 0.3) is 0 Å². The molecule has 1 fully saturated rings. The zero-order valence-corrected chi connectivity index (χ0v) is 5.68. The average Bonchev–Trinajstić information content (AvgIpc) is 1.55. The second-order valence-electron chi connectivity index (χ2n) is 2.91. The highest BCUT2D eigenvalue weighted by atomic mass is 16.5. The highest BCUT2D eigenvalue weighted by molar-refractivity contribution is 4.67. The molecule has 0 radical (unpaired) electrons. The molecule has 0 N–H and O–H groups in total. The van der Waals surface area contributed by atoms with E-state index in [1.54, 1.807) is 0 Å². The van der Waals surface area contributed by atoms with Gasteiger partial charge in [0.1, 0.15) is 0 Å². The third-order valence-electron chi connectivity index (χ3n) is 1.53. The van der Waals surface area contributed by atoms with E-state index in [9.17, 15) is 0 Å². The van der Waals surface area contributed by atoms with Crippen molar-refractivity contribution < 1.29 is 4.74 Å². The molecular weight excluding hydrogens is 100 g/mol. The third kappa shape index (κ3) is 1.48. The Hall–Kier alpha value is -0.0400. The van der Waals surface area contributed by atoms with Crippen molar-refractivity contribution in [1.82, 2.24) is 0 Å². The fraction of sp³-hybridized carbons (Fsp3) is 1.00. The molecule has 1 aliphatic rings. The third-order valence-corrected chi connectivity index (χ3v) is 1.53. The molecule has 0 unspecified atom stereocenters. The maximum absolute atomic E-state index is 5.24. The maximum Gasteiger partial charge on any atom is 0.0599 e. The smallest absolute Gasteiger partial charge is 0.0599 e. The molecule has 0 bridgehead atoms. The van der Waals surface area contributed by atoms with Gasteiger partial charge >= 0.3 is 0 Å². The summed E-state index contributed by atoms with van der Waals surface area (Å²) < 4.78 is 5.24. The fourth-order valence-corrected chi connectivity index (χ4v) is 0.996. The summed E-state index contributed by atoms with van der Waals surface area (Å²) in [6, 6.07) is 0. The van der Waals surface area contributed by atoms with Crippen molar-refractivity contribution in [2.75, 3.05) is 6.61 Å². The van der Waals surface area contributed by atoms with Crippen LogP contribution in [0.2, 0.25) is 0 Å². The summed E-state index contributed by atoms with van der Waals surface area (Å²) >= 11 is 0. The predicted molar refractivity (Wildman–Crippen MR) is 33.8 cm³/mol. The normalized spacial score (nSPS) is 28.1. The lowest BCUT2D eigenvalue weighted by molar-refractivity contribution is -0.0605. The fourth-order valence-electron chi connectivity index (χ4n) is 0.996. The molecule has 0 aromatic carbocycles. The van der Waals surface area contributed by atoms with Gasteiger partial charge in [-0.05, 0) is 18.8 Å². The molecule has 8 heavy (non-hydrogen) atoms. The standard InChI is InChI=1S/C7H14O/c1-6(2)5-7-3-4-8-7/h6-7H,3-5H2,1-2H3/t7-/m0/s1. The van der Waals surface area contributed by atoms with Crippen molar-refractivity contribution in [3.05, 3.63) is 0 Å². The molecule has 0 aromatic heterocycles. The van der Waals surface area contributed by atoms with Crippen molar-refractivity contribution in [2.45, 2.75) is 32.8 Å². The van der Waals surface area contributed by atoms with E-state index in [0.717, 1.165) is 12.5 Å². The summed E-state index contributed by atoms with van der Waals surface area (Å²) in [4.78, 5) is 0. The Kier molecular flexibility index (Phi) is 1.90. The molecular formula is C7H14O. The molecule has 1 rings (SSSR count). The first kappa shape index (κ1) is 6.09. The average molecular weight is 114 g/mol. The predicted octanol–water partition coefficient (Wildman–Crippen LogP) is 1.82. The first-order valence-electron chi connectivity index (χ1n) is 3.40. The minimum atomic E-state index is 0.606. The van der Waals surface area contributed by atoms with Gasteiger partial charge in [0, 0.05) is 6.61 Å². The van der Waals surface area contributed by atoms with Gasteiger partial charge < -0.3 is 4.74 Å². The lowest BCUT2D eigenvalue weighted by Crippen LogP contribution is -2.27. The van der Waals surface area contributed by atoms with Crippen LogP contribution in [-0.4, -0.2) is 12.7 Å². The Morgan fingerprint density at radius 3 is 2.38 bits per heavy atom. The summed E-state index contributed by atoms with van der Waals surface area (Å²) in [5.41, 5.74) is 0. The summed E-state index contributed by atoms with van der Waals surface area (Å²) in [7, 11) is 0. The van der Waals surface area contributed by atoms with Crippen molar-refractivity contribution in [1.29, 1.82) is 0 Å². The van der Waals surface area contributed by atoms with Gasteiger partial charge in [0.15, 0.2) is 0 Å². The minimum absolute atomic E-state index is 0.606. The molecule has 1 heteroatoms. The van der Waals surface area contributed by atoms with Gasteiger partial charge in [0.2, 0.25) is 0 Å². The monoisotopic (exact) mass is 114 g/mol. The summed E-state index contributed by atoms with van der Waals surface area (Å²) in [5.74, 6) is 0.806. The number of hydrogen-bond donors (Lipinski definition) is 0. The lowest BCUT2D eigenvalue weighted by atomic mass is 10.0. The van der Waals surface area contributed by atoms with E-state index in [1.165, 1.54) is 12.8 Å². The van der Waals surface area contributed by atoms with Gasteiger partial charge in [-0.2, -0.15) is 0 Å². The van der Waals surface area contributed by atoms with E-state index < -0.39 is 0 Å². The molecule has 0 saturated carbocycles. The zero-order chi connectivity index (χ0) is 5.98. The van der Waals surface area contributed by atoms with Crippen LogP contribution in [0.5, 0.6) is 0 Å². The quantitative estimate of drug-likeness (QED) is 0.532. The molecule has 1 atom stereocenters. The van der Waals surface area contributed by atoms with Crippen molar-refractivity contribution in [2.24, 2.45) is 5.92 Å². The van der Waals surface area contributed by atoms with E-state index in [0.29, 0.717) is 6.10 Å². The second kappa shape index (κ2) is 2.49. The molecule has 0 aromatic rings. The molecule has 1 heterocycles. The molecule has 1 saturated heterocycles. The van der Waals surface area contributed by atoms with E-state index >= 15 is 0 Å². The Morgan fingerprint density at radius 1 is 1.62 bits per heavy atom. The Labute approximate surface area is 51.0 Å². The van der Waals surface area contributed by atoms with E-state index in [1.807, 2.05) is 0 Å². The topological polar surface area (TPSA) is 9.23 Å². The van der Waals surface area contributed by atoms with Crippen molar-refractivity contribution >= 4 is 0 Å². The number of rotatable bonds is 2. The van der Waals surface area contributed by atoms with Crippen LogP contribution in [0.25, 0.3) is 0 Å². The molecule has 0 aliphatic carbocycles. The van der Waals surface area contributed by atoms with Crippen LogP contribution >= 0.6 is 0 Å². The largest absolute Gasteiger partial charge is 0.378 e. The molecule has 1 aliphatic heterocycles.